The van der Waals surface area contributed by atoms with Gasteiger partial charge < -0.3 is 20.1 Å². The van der Waals surface area contributed by atoms with E-state index < -0.39 is 24.4 Å². The minimum atomic E-state index is -0.557. The lowest BCUT2D eigenvalue weighted by Crippen LogP contribution is -2.35. The molecule has 0 spiro atoms. The molecule has 0 fully saturated rings. The number of nitrogens with one attached hydrogen (secondary N) is 2. The van der Waals surface area contributed by atoms with E-state index in [1.165, 1.54) is 0 Å². The van der Waals surface area contributed by atoms with Gasteiger partial charge >= 0.3 is 5.97 Å². The molecule has 2 aromatic rings. The number of amides is 2. The van der Waals surface area contributed by atoms with Gasteiger partial charge in [-0.2, -0.15) is 0 Å². The molecule has 0 aliphatic heterocycles. The summed E-state index contributed by atoms with van der Waals surface area (Å²) in [7, 11) is 0. The molecule has 0 radical (unpaired) electrons. The Kier molecular flexibility index (Phi) is 9.63. The van der Waals surface area contributed by atoms with Crippen molar-refractivity contribution in [2.45, 2.75) is 19.8 Å². The summed E-state index contributed by atoms with van der Waals surface area (Å²) < 4.78 is 11.2. The summed E-state index contributed by atoms with van der Waals surface area (Å²) in [5.41, 5.74) is 1.50. The van der Waals surface area contributed by atoms with Crippen molar-refractivity contribution in [2.75, 3.05) is 25.1 Å². The number of aryl methyl sites for hydroxylation is 1. The van der Waals surface area contributed by atoms with Crippen molar-refractivity contribution in [3.05, 3.63) is 57.5 Å². The smallest absolute Gasteiger partial charge is 0.306 e. The van der Waals surface area contributed by atoms with Gasteiger partial charge in [0.25, 0.3) is 5.91 Å². The average molecular weight is 498 g/mol. The van der Waals surface area contributed by atoms with Crippen molar-refractivity contribution in [2.24, 2.45) is 0 Å². The molecule has 7 nitrogen and oxygen atoms in total. The van der Waals surface area contributed by atoms with Crippen LogP contribution in [0.5, 0.6) is 5.75 Å². The summed E-state index contributed by atoms with van der Waals surface area (Å²) >= 11 is 9.21. The first-order chi connectivity index (χ1) is 14.3. The number of rotatable bonds is 10. The second kappa shape index (κ2) is 12.2. The summed E-state index contributed by atoms with van der Waals surface area (Å²) in [5, 5.41) is 5.69. The van der Waals surface area contributed by atoms with Crippen LogP contribution in [0.25, 0.3) is 0 Å². The van der Waals surface area contributed by atoms with Crippen molar-refractivity contribution in [1.82, 2.24) is 5.32 Å². The molecule has 2 aromatic carbocycles. The van der Waals surface area contributed by atoms with Crippen molar-refractivity contribution in [3.63, 3.8) is 0 Å². The van der Waals surface area contributed by atoms with E-state index in [1.54, 1.807) is 36.4 Å². The van der Waals surface area contributed by atoms with E-state index in [0.717, 1.165) is 10.0 Å². The number of benzene rings is 2. The molecule has 0 bridgehead atoms. The lowest BCUT2D eigenvalue weighted by atomic mass is 10.2. The van der Waals surface area contributed by atoms with Crippen LogP contribution < -0.4 is 15.4 Å². The van der Waals surface area contributed by atoms with Gasteiger partial charge in [-0.3, -0.25) is 14.4 Å². The maximum absolute atomic E-state index is 11.9. The Morgan fingerprint density at radius 3 is 2.60 bits per heavy atom. The van der Waals surface area contributed by atoms with Crippen LogP contribution in [-0.2, 0) is 19.1 Å². The van der Waals surface area contributed by atoms with Gasteiger partial charge in [-0.15, -0.1) is 0 Å². The highest BCUT2D eigenvalue weighted by Crippen LogP contribution is 2.22. The number of ether oxygens (including phenoxy) is 2. The van der Waals surface area contributed by atoms with Crippen molar-refractivity contribution >= 4 is 51.0 Å². The normalized spacial score (nSPS) is 10.2. The lowest BCUT2D eigenvalue weighted by Gasteiger charge is -2.10. The molecule has 2 rings (SSSR count). The first-order valence-corrected chi connectivity index (χ1v) is 10.4. The van der Waals surface area contributed by atoms with Crippen molar-refractivity contribution < 1.29 is 23.9 Å². The van der Waals surface area contributed by atoms with E-state index in [1.807, 2.05) is 13.0 Å². The van der Waals surface area contributed by atoms with Crippen LogP contribution in [0, 0.1) is 6.92 Å². The fourth-order valence-corrected chi connectivity index (χ4v) is 2.99. The third-order valence-electron chi connectivity index (χ3n) is 3.88. The van der Waals surface area contributed by atoms with Crippen molar-refractivity contribution in [3.8, 4) is 5.75 Å². The van der Waals surface area contributed by atoms with Crippen LogP contribution in [0.3, 0.4) is 0 Å². The average Bonchev–Trinajstić information content (AvgIpc) is 2.71. The maximum Gasteiger partial charge on any atom is 0.306 e. The quantitative estimate of drug-likeness (QED) is 0.384. The molecule has 0 aliphatic rings. The molecule has 0 unspecified atom stereocenters. The predicted octanol–water partition coefficient (Wildman–Crippen LogP) is 3.87. The van der Waals surface area contributed by atoms with Gasteiger partial charge in [0.15, 0.2) is 6.61 Å². The van der Waals surface area contributed by atoms with Gasteiger partial charge in [-0.1, -0.05) is 23.7 Å². The Morgan fingerprint density at radius 1 is 1.10 bits per heavy atom. The summed E-state index contributed by atoms with van der Waals surface area (Å²) in [6, 6.07) is 12.4. The SMILES string of the molecule is Cc1cc(Cl)ccc1OCCCC(=O)OCC(=O)NCC(=O)Nc1ccccc1Br. The Morgan fingerprint density at radius 2 is 1.87 bits per heavy atom. The van der Waals surface area contributed by atoms with Crippen LogP contribution in [-0.4, -0.2) is 37.5 Å². The van der Waals surface area contributed by atoms with Crippen LogP contribution in [0.2, 0.25) is 5.02 Å². The van der Waals surface area contributed by atoms with E-state index in [0.29, 0.717) is 29.5 Å². The molecule has 0 saturated carbocycles. The van der Waals surface area contributed by atoms with E-state index in [9.17, 15) is 14.4 Å². The fraction of sp³-hybridized carbons (Fsp3) is 0.286. The first kappa shape index (κ1) is 23.7. The predicted molar refractivity (Wildman–Crippen MR) is 118 cm³/mol. The summed E-state index contributed by atoms with van der Waals surface area (Å²) in [6.45, 7) is 1.54. The molecule has 0 aromatic heterocycles. The molecule has 30 heavy (non-hydrogen) atoms. The van der Waals surface area contributed by atoms with Gasteiger partial charge in [0, 0.05) is 15.9 Å². The largest absolute Gasteiger partial charge is 0.493 e. The Balaban J connectivity index is 1.58. The number of halogens is 2. The maximum atomic E-state index is 11.9. The molecule has 2 amide bonds. The molecule has 2 N–H and O–H groups in total. The second-order valence-electron chi connectivity index (χ2n) is 6.33. The molecular formula is C21H22BrClN2O5. The minimum absolute atomic E-state index is 0.114. The Hall–Kier alpha value is -2.58. The highest BCUT2D eigenvalue weighted by atomic mass is 79.9. The number of carbonyl (C=O) groups excluding carboxylic acids is 3. The number of hydrogen-bond donors (Lipinski definition) is 2. The van der Waals surface area contributed by atoms with Gasteiger partial charge in [0.2, 0.25) is 5.91 Å². The highest BCUT2D eigenvalue weighted by molar-refractivity contribution is 9.10. The molecule has 0 saturated heterocycles. The highest BCUT2D eigenvalue weighted by Gasteiger charge is 2.10. The van der Waals surface area contributed by atoms with Crippen LogP contribution >= 0.6 is 27.5 Å². The molecular weight excluding hydrogens is 476 g/mol. The van der Waals surface area contributed by atoms with E-state index in [-0.39, 0.29) is 13.0 Å². The van der Waals surface area contributed by atoms with E-state index >= 15 is 0 Å². The zero-order valence-corrected chi connectivity index (χ0v) is 18.7. The number of hydrogen-bond acceptors (Lipinski definition) is 5. The van der Waals surface area contributed by atoms with E-state index in [4.69, 9.17) is 21.1 Å². The fourth-order valence-electron chi connectivity index (χ4n) is 2.38. The standard InChI is InChI=1S/C21H22BrClN2O5/c1-14-11-15(23)8-9-18(14)29-10-4-7-21(28)30-13-20(27)24-12-19(26)25-17-6-3-2-5-16(17)22/h2-3,5-6,8-9,11H,4,7,10,12-13H2,1H3,(H,24,27)(H,25,26). The van der Waals surface area contributed by atoms with Crippen molar-refractivity contribution in [1.29, 1.82) is 0 Å². The van der Waals surface area contributed by atoms with Crippen LogP contribution in [0.4, 0.5) is 5.69 Å². The zero-order valence-electron chi connectivity index (χ0n) is 16.4. The number of para-hydroxylation sites is 1. The monoisotopic (exact) mass is 496 g/mol. The first-order valence-electron chi connectivity index (χ1n) is 9.21. The Labute approximate surface area is 188 Å². The van der Waals surface area contributed by atoms with E-state index in [2.05, 4.69) is 26.6 Å². The minimum Gasteiger partial charge on any atom is -0.493 e. The molecule has 160 valence electrons. The third-order valence-corrected chi connectivity index (χ3v) is 4.80. The number of carbonyl (C=O) groups is 3. The lowest BCUT2D eigenvalue weighted by molar-refractivity contribution is -0.148. The molecule has 9 heteroatoms. The summed E-state index contributed by atoms with van der Waals surface area (Å²) in [5.74, 6) is -0.762. The zero-order chi connectivity index (χ0) is 21.9. The van der Waals surface area contributed by atoms with Crippen LogP contribution in [0.15, 0.2) is 46.9 Å². The third kappa shape index (κ3) is 8.42. The molecule has 0 aliphatic carbocycles. The number of anilines is 1. The topological polar surface area (TPSA) is 93.7 Å². The summed E-state index contributed by atoms with van der Waals surface area (Å²) in [6.07, 6.45) is 0.555. The Bertz CT molecular complexity index is 907. The molecule has 0 heterocycles. The summed E-state index contributed by atoms with van der Waals surface area (Å²) in [4.78, 5) is 35.3. The van der Waals surface area contributed by atoms with Crippen LogP contribution in [0.1, 0.15) is 18.4 Å². The van der Waals surface area contributed by atoms with Gasteiger partial charge in [-0.05, 0) is 65.2 Å². The van der Waals surface area contributed by atoms with Gasteiger partial charge in [0.05, 0.1) is 18.8 Å². The molecule has 0 atom stereocenters. The van der Waals surface area contributed by atoms with Gasteiger partial charge in [-0.25, -0.2) is 0 Å². The van der Waals surface area contributed by atoms with Gasteiger partial charge in [0.1, 0.15) is 5.75 Å². The second-order valence-corrected chi connectivity index (χ2v) is 7.62. The number of esters is 1.